The van der Waals surface area contributed by atoms with Crippen LogP contribution < -0.4 is 27.4 Å². The molecule has 0 aromatic heterocycles. The summed E-state index contributed by atoms with van der Waals surface area (Å²) in [6.07, 6.45) is 0. The highest BCUT2D eigenvalue weighted by Gasteiger charge is 2.04. The van der Waals surface area contributed by atoms with Gasteiger partial charge in [-0.15, -0.1) is 24.8 Å². The first-order chi connectivity index (χ1) is 11.2. The van der Waals surface area contributed by atoms with Gasteiger partial charge in [-0.05, 0) is 48.5 Å². The Morgan fingerprint density at radius 1 is 0.880 bits per heavy atom. The number of halogens is 2. The number of nitrogens with two attached hydrogens (primary N) is 2. The molecule has 2 aromatic rings. The van der Waals surface area contributed by atoms with E-state index in [4.69, 9.17) is 11.5 Å². The number of rotatable bonds is 4. The minimum atomic E-state index is 0. The molecule has 0 radical (unpaired) electrons. The van der Waals surface area contributed by atoms with Crippen LogP contribution in [0.5, 0.6) is 0 Å². The fourth-order valence-corrected chi connectivity index (χ4v) is 2.19. The van der Waals surface area contributed by atoms with E-state index in [-0.39, 0.29) is 30.8 Å². The van der Waals surface area contributed by atoms with Crippen LogP contribution in [-0.4, -0.2) is 25.0 Å². The molecule has 0 spiro atoms. The van der Waals surface area contributed by atoms with Crippen LogP contribution in [0.2, 0.25) is 0 Å². The SMILES string of the molecule is Cl.Cl.NC(N)=Nc1ccc(Nc2ccc(NC3=NCCN3)cc2)cc1. The van der Waals surface area contributed by atoms with Gasteiger partial charge in [0.2, 0.25) is 0 Å². The van der Waals surface area contributed by atoms with Crippen LogP contribution >= 0.6 is 24.8 Å². The van der Waals surface area contributed by atoms with Crippen molar-refractivity contribution in [1.29, 1.82) is 0 Å². The van der Waals surface area contributed by atoms with E-state index in [0.717, 1.165) is 41.8 Å². The van der Waals surface area contributed by atoms with E-state index < -0.39 is 0 Å². The van der Waals surface area contributed by atoms with Crippen LogP contribution in [0.4, 0.5) is 22.7 Å². The second-order valence-electron chi connectivity index (χ2n) is 5.07. The molecule has 3 rings (SSSR count). The van der Waals surface area contributed by atoms with Gasteiger partial charge in [-0.1, -0.05) is 0 Å². The maximum absolute atomic E-state index is 5.35. The largest absolute Gasteiger partial charge is 0.370 e. The number of nitrogens with one attached hydrogen (secondary N) is 3. The fraction of sp³-hybridized carbons (Fsp3) is 0.125. The summed E-state index contributed by atoms with van der Waals surface area (Å²) in [5, 5.41) is 9.72. The third-order valence-corrected chi connectivity index (χ3v) is 3.24. The first kappa shape index (κ1) is 20.4. The monoisotopic (exact) mass is 381 g/mol. The van der Waals surface area contributed by atoms with Gasteiger partial charge in [-0.25, -0.2) is 4.99 Å². The molecule has 1 aliphatic heterocycles. The minimum Gasteiger partial charge on any atom is -0.370 e. The molecule has 0 saturated carbocycles. The highest BCUT2D eigenvalue weighted by Crippen LogP contribution is 2.21. The molecule has 0 atom stereocenters. The van der Waals surface area contributed by atoms with E-state index >= 15 is 0 Å². The van der Waals surface area contributed by atoms with E-state index in [2.05, 4.69) is 25.9 Å². The van der Waals surface area contributed by atoms with E-state index in [9.17, 15) is 0 Å². The number of hydrogen-bond donors (Lipinski definition) is 5. The summed E-state index contributed by atoms with van der Waals surface area (Å²) in [7, 11) is 0. The summed E-state index contributed by atoms with van der Waals surface area (Å²) < 4.78 is 0. The molecular formula is C16H21Cl2N7. The third-order valence-electron chi connectivity index (χ3n) is 3.24. The van der Waals surface area contributed by atoms with Crippen molar-refractivity contribution < 1.29 is 0 Å². The molecule has 9 heteroatoms. The molecule has 7 nitrogen and oxygen atoms in total. The van der Waals surface area contributed by atoms with Crippen LogP contribution in [0, 0.1) is 0 Å². The summed E-state index contributed by atoms with van der Waals surface area (Å²) in [6.45, 7) is 1.70. The maximum Gasteiger partial charge on any atom is 0.195 e. The summed E-state index contributed by atoms with van der Waals surface area (Å²) >= 11 is 0. The Kier molecular flexibility index (Phi) is 7.84. The van der Waals surface area contributed by atoms with Gasteiger partial charge >= 0.3 is 0 Å². The standard InChI is InChI=1S/C16H19N7.2ClH/c17-15(18)22-13-5-1-11(2-6-13)21-12-3-7-14(8-4-12)23-16-19-9-10-20-16;;/h1-8,21H,9-10H2,(H4,17,18,22)(H2,19,20,23);2*1H. The Hall–Kier alpha value is -2.64. The first-order valence-corrected chi connectivity index (χ1v) is 7.31. The predicted molar refractivity (Wildman–Crippen MR) is 110 cm³/mol. The number of hydrogen-bond acceptors (Lipinski definition) is 5. The first-order valence-electron chi connectivity index (χ1n) is 7.31. The molecule has 134 valence electrons. The van der Waals surface area contributed by atoms with Crippen LogP contribution in [-0.2, 0) is 0 Å². The summed E-state index contributed by atoms with van der Waals surface area (Å²) in [6, 6.07) is 15.5. The fourth-order valence-electron chi connectivity index (χ4n) is 2.19. The molecule has 25 heavy (non-hydrogen) atoms. The lowest BCUT2D eigenvalue weighted by Gasteiger charge is -2.09. The van der Waals surface area contributed by atoms with Crippen molar-refractivity contribution in [2.45, 2.75) is 0 Å². The lowest BCUT2D eigenvalue weighted by molar-refractivity contribution is 0.959. The van der Waals surface area contributed by atoms with Gasteiger partial charge in [-0.3, -0.25) is 4.99 Å². The second-order valence-corrected chi connectivity index (χ2v) is 5.07. The zero-order chi connectivity index (χ0) is 16.1. The molecule has 0 fully saturated rings. The van der Waals surface area contributed by atoms with Gasteiger partial charge in [0.15, 0.2) is 11.9 Å². The average molecular weight is 382 g/mol. The topological polar surface area (TPSA) is 113 Å². The number of aliphatic imine (C=N–C) groups is 2. The number of benzene rings is 2. The highest BCUT2D eigenvalue weighted by atomic mass is 35.5. The summed E-state index contributed by atoms with van der Waals surface area (Å²) in [4.78, 5) is 8.29. The Morgan fingerprint density at radius 2 is 1.40 bits per heavy atom. The molecule has 2 aromatic carbocycles. The number of guanidine groups is 2. The van der Waals surface area contributed by atoms with Gasteiger partial charge in [-0.2, -0.15) is 0 Å². The molecular weight excluding hydrogens is 361 g/mol. The van der Waals surface area contributed by atoms with Crippen molar-refractivity contribution >= 4 is 59.5 Å². The molecule has 7 N–H and O–H groups in total. The summed E-state index contributed by atoms with van der Waals surface area (Å²) in [5.41, 5.74) is 14.4. The van der Waals surface area contributed by atoms with Crippen molar-refractivity contribution in [3.05, 3.63) is 48.5 Å². The predicted octanol–water partition coefficient (Wildman–Crippen LogP) is 2.55. The van der Waals surface area contributed by atoms with E-state index in [1.165, 1.54) is 0 Å². The Morgan fingerprint density at radius 3 is 1.88 bits per heavy atom. The van der Waals surface area contributed by atoms with Crippen molar-refractivity contribution in [3.63, 3.8) is 0 Å². The smallest absolute Gasteiger partial charge is 0.195 e. The Bertz CT molecular complexity index is 723. The van der Waals surface area contributed by atoms with Gasteiger partial charge in [0.1, 0.15) is 0 Å². The Labute approximate surface area is 158 Å². The van der Waals surface area contributed by atoms with Gasteiger partial charge in [0.05, 0.1) is 12.2 Å². The lowest BCUT2D eigenvalue weighted by Crippen LogP contribution is -2.26. The molecule has 0 amide bonds. The average Bonchev–Trinajstić information content (AvgIpc) is 3.04. The zero-order valence-corrected chi connectivity index (χ0v) is 15.0. The van der Waals surface area contributed by atoms with Crippen LogP contribution in [0.15, 0.2) is 58.5 Å². The zero-order valence-electron chi connectivity index (χ0n) is 13.4. The van der Waals surface area contributed by atoms with E-state index in [0.29, 0.717) is 0 Å². The minimum absolute atomic E-state index is 0. The molecule has 1 aliphatic rings. The van der Waals surface area contributed by atoms with Crippen molar-refractivity contribution in [3.8, 4) is 0 Å². The molecule has 1 heterocycles. The van der Waals surface area contributed by atoms with Crippen molar-refractivity contribution in [2.24, 2.45) is 21.5 Å². The van der Waals surface area contributed by atoms with E-state index in [1.54, 1.807) is 0 Å². The van der Waals surface area contributed by atoms with Crippen LogP contribution in [0.1, 0.15) is 0 Å². The van der Waals surface area contributed by atoms with Gasteiger partial charge in [0.25, 0.3) is 0 Å². The van der Waals surface area contributed by atoms with Crippen LogP contribution in [0.3, 0.4) is 0 Å². The highest BCUT2D eigenvalue weighted by molar-refractivity contribution is 5.94. The van der Waals surface area contributed by atoms with Crippen molar-refractivity contribution in [2.75, 3.05) is 23.7 Å². The van der Waals surface area contributed by atoms with Gasteiger partial charge < -0.3 is 27.4 Å². The lowest BCUT2D eigenvalue weighted by atomic mass is 10.2. The Balaban J connectivity index is 0.00000156. The van der Waals surface area contributed by atoms with Crippen LogP contribution in [0.25, 0.3) is 0 Å². The third kappa shape index (κ3) is 6.06. The second kappa shape index (κ2) is 9.61. The van der Waals surface area contributed by atoms with E-state index in [1.807, 2.05) is 48.5 Å². The summed E-state index contributed by atoms with van der Waals surface area (Å²) in [5.74, 6) is 0.871. The quantitative estimate of drug-likeness (QED) is 0.412. The molecule has 0 bridgehead atoms. The normalized spacial score (nSPS) is 11.9. The molecule has 0 saturated heterocycles. The maximum atomic E-state index is 5.35. The molecule has 0 aliphatic carbocycles. The molecule has 0 unspecified atom stereocenters. The van der Waals surface area contributed by atoms with Gasteiger partial charge in [0, 0.05) is 23.6 Å². The number of anilines is 3. The van der Waals surface area contributed by atoms with Crippen molar-refractivity contribution in [1.82, 2.24) is 5.32 Å². The number of nitrogens with zero attached hydrogens (tertiary/aromatic N) is 2.